The van der Waals surface area contributed by atoms with Crippen LogP contribution in [-0.4, -0.2) is 58.5 Å². The summed E-state index contributed by atoms with van der Waals surface area (Å²) >= 11 is 1.50. The number of aryl methyl sites for hydroxylation is 1. The molecule has 2 aliphatic carbocycles. The van der Waals surface area contributed by atoms with Crippen molar-refractivity contribution in [2.24, 2.45) is 0 Å². The van der Waals surface area contributed by atoms with Crippen LogP contribution in [0, 0.1) is 0 Å². The minimum atomic E-state index is -4.60. The maximum atomic E-state index is 12.9. The lowest BCUT2D eigenvalue weighted by Gasteiger charge is -2.32. The minimum Gasteiger partial charge on any atom is -0.474 e. The van der Waals surface area contributed by atoms with Gasteiger partial charge in [-0.15, -0.1) is 11.3 Å². The van der Waals surface area contributed by atoms with Gasteiger partial charge < -0.3 is 14.7 Å². The van der Waals surface area contributed by atoms with Gasteiger partial charge in [0.2, 0.25) is 5.88 Å². The fraction of sp³-hybridized carbons (Fsp3) is 0.700. The highest BCUT2D eigenvalue weighted by Gasteiger charge is 2.42. The monoisotopic (exact) mass is 429 g/mol. The van der Waals surface area contributed by atoms with Crippen LogP contribution in [0.4, 0.5) is 13.2 Å². The first-order chi connectivity index (χ1) is 13.7. The van der Waals surface area contributed by atoms with E-state index >= 15 is 0 Å². The largest absolute Gasteiger partial charge is 0.474 e. The van der Waals surface area contributed by atoms with Crippen LogP contribution in [0.3, 0.4) is 0 Å². The van der Waals surface area contributed by atoms with Crippen LogP contribution >= 0.6 is 11.3 Å². The molecule has 160 valence electrons. The first-order valence-corrected chi connectivity index (χ1v) is 10.9. The molecular weight excluding hydrogens is 403 g/mol. The van der Waals surface area contributed by atoms with Crippen LogP contribution < -0.4 is 4.74 Å². The zero-order valence-electron chi connectivity index (χ0n) is 16.6. The number of nitrogens with zero attached hydrogens (tertiary/aromatic N) is 3. The van der Waals surface area contributed by atoms with Crippen molar-refractivity contribution in [3.63, 3.8) is 0 Å². The topological polar surface area (TPSA) is 58.5 Å². The van der Waals surface area contributed by atoms with Gasteiger partial charge in [-0.05, 0) is 70.5 Å². The number of hydrogen-bond donors (Lipinski definition) is 1. The van der Waals surface area contributed by atoms with Crippen LogP contribution in [0.15, 0.2) is 6.33 Å². The van der Waals surface area contributed by atoms with Crippen LogP contribution in [-0.2, 0) is 6.42 Å². The Bertz CT molecular complexity index is 863. The van der Waals surface area contributed by atoms with Gasteiger partial charge in [0.05, 0.1) is 5.39 Å². The highest BCUT2D eigenvalue weighted by atomic mass is 32.1. The van der Waals surface area contributed by atoms with E-state index in [9.17, 15) is 18.3 Å². The molecule has 2 aromatic rings. The van der Waals surface area contributed by atoms with E-state index in [0.717, 1.165) is 46.3 Å². The molecule has 5 nitrogen and oxygen atoms in total. The fourth-order valence-corrected chi connectivity index (χ4v) is 5.84. The number of fused-ring (bicyclic) bond motifs is 3. The molecule has 2 aromatic heterocycles. The average molecular weight is 430 g/mol. The first kappa shape index (κ1) is 20.8. The average Bonchev–Trinajstić information content (AvgIpc) is 3.21. The molecule has 0 spiro atoms. The van der Waals surface area contributed by atoms with E-state index in [4.69, 9.17) is 4.74 Å². The molecule has 0 aliphatic heterocycles. The molecule has 9 heteroatoms. The quantitative estimate of drug-likeness (QED) is 0.769. The van der Waals surface area contributed by atoms with Gasteiger partial charge in [0.15, 0.2) is 0 Å². The zero-order valence-corrected chi connectivity index (χ0v) is 17.4. The number of thiophene rings is 1. The minimum absolute atomic E-state index is 0.0560. The molecule has 2 heterocycles. The Hall–Kier alpha value is -1.45. The molecule has 0 aromatic carbocycles. The van der Waals surface area contributed by atoms with Gasteiger partial charge in [0.25, 0.3) is 0 Å². The van der Waals surface area contributed by atoms with E-state index in [2.05, 4.69) is 29.0 Å². The summed E-state index contributed by atoms with van der Waals surface area (Å²) in [6.07, 6.45) is -0.459. The highest BCUT2D eigenvalue weighted by molar-refractivity contribution is 7.19. The van der Waals surface area contributed by atoms with Gasteiger partial charge in [0.1, 0.15) is 23.4 Å². The molecule has 0 saturated heterocycles. The van der Waals surface area contributed by atoms with Crippen molar-refractivity contribution in [1.29, 1.82) is 0 Å². The van der Waals surface area contributed by atoms with Crippen molar-refractivity contribution < 1.29 is 23.0 Å². The van der Waals surface area contributed by atoms with E-state index in [1.54, 1.807) is 0 Å². The number of rotatable bonds is 5. The van der Waals surface area contributed by atoms with Crippen molar-refractivity contribution in [3.8, 4) is 5.88 Å². The zero-order chi connectivity index (χ0) is 20.8. The summed E-state index contributed by atoms with van der Waals surface area (Å²) in [5.74, 6) is 0.127. The van der Waals surface area contributed by atoms with E-state index < -0.39 is 12.3 Å². The Morgan fingerprint density at radius 3 is 2.59 bits per heavy atom. The molecule has 2 aliphatic rings. The van der Waals surface area contributed by atoms with Gasteiger partial charge >= 0.3 is 6.18 Å². The number of hydrogen-bond acceptors (Lipinski definition) is 6. The van der Waals surface area contributed by atoms with E-state index in [0.29, 0.717) is 24.8 Å². The Morgan fingerprint density at radius 1 is 1.21 bits per heavy atom. The third kappa shape index (κ3) is 4.22. The summed E-state index contributed by atoms with van der Waals surface area (Å²) in [5.41, 5.74) is 0.853. The van der Waals surface area contributed by atoms with Crippen molar-refractivity contribution in [2.45, 2.75) is 75.3 Å². The van der Waals surface area contributed by atoms with Gasteiger partial charge in [0, 0.05) is 10.9 Å². The third-order valence-corrected chi connectivity index (χ3v) is 7.41. The smallest absolute Gasteiger partial charge is 0.414 e. The highest BCUT2D eigenvalue weighted by Crippen LogP contribution is 2.48. The lowest BCUT2D eigenvalue weighted by molar-refractivity contribution is -0.206. The number of halogens is 3. The van der Waals surface area contributed by atoms with Crippen molar-refractivity contribution >= 4 is 21.6 Å². The lowest BCUT2D eigenvalue weighted by Crippen LogP contribution is -2.35. The number of ether oxygens (including phenoxy) is 1. The van der Waals surface area contributed by atoms with Gasteiger partial charge in [-0.2, -0.15) is 13.2 Å². The maximum absolute atomic E-state index is 12.9. The first-order valence-electron chi connectivity index (χ1n) is 10.1. The summed E-state index contributed by atoms with van der Waals surface area (Å²) in [5, 5.41) is 10.3. The number of alkyl halides is 3. The normalized spacial score (nSPS) is 26.1. The molecule has 2 atom stereocenters. The third-order valence-electron chi connectivity index (χ3n) is 6.23. The molecule has 29 heavy (non-hydrogen) atoms. The molecule has 1 fully saturated rings. The number of aliphatic hydroxyl groups is 1. The standard InChI is InChI=1S/C20H26F3N3O2S/c1-26(2)12-4-6-13(7-5-12)28-18-17-16-11(9-15(27)20(21,22)23)3-8-14(16)29-19(17)25-10-24-18/h10-13,15,27H,3-9H2,1-2H3/t11-,12-,13-,15+/m1/s1. The predicted molar refractivity (Wildman–Crippen MR) is 106 cm³/mol. The Kier molecular flexibility index (Phi) is 5.74. The molecule has 1 N–H and O–H groups in total. The summed E-state index contributed by atoms with van der Waals surface area (Å²) in [7, 11) is 4.17. The second-order valence-electron chi connectivity index (χ2n) is 8.34. The molecule has 1 saturated carbocycles. The van der Waals surface area contributed by atoms with Crippen LogP contribution in [0.5, 0.6) is 5.88 Å². The number of aromatic nitrogens is 2. The Labute approximate surface area is 171 Å². The SMILES string of the molecule is CN(C)[C@H]1CC[C@H](Oc2ncnc3sc4c(c23)[C@@H](C[C@H](O)C(F)(F)F)CC4)CC1. The summed E-state index contributed by atoms with van der Waals surface area (Å²) in [4.78, 5) is 12.7. The van der Waals surface area contributed by atoms with E-state index in [-0.39, 0.29) is 18.4 Å². The second-order valence-corrected chi connectivity index (χ2v) is 9.42. The van der Waals surface area contributed by atoms with Gasteiger partial charge in [-0.3, -0.25) is 0 Å². The second kappa shape index (κ2) is 8.00. The molecule has 0 bridgehead atoms. The molecule has 0 unspecified atom stereocenters. The van der Waals surface area contributed by atoms with E-state index in [1.807, 2.05) is 0 Å². The Morgan fingerprint density at radius 2 is 1.93 bits per heavy atom. The van der Waals surface area contributed by atoms with Crippen LogP contribution in [0.2, 0.25) is 0 Å². The molecule has 0 amide bonds. The van der Waals surface area contributed by atoms with Crippen LogP contribution in [0.1, 0.15) is 54.9 Å². The van der Waals surface area contributed by atoms with Crippen molar-refractivity contribution in [3.05, 3.63) is 16.8 Å². The lowest BCUT2D eigenvalue weighted by atomic mass is 9.92. The van der Waals surface area contributed by atoms with Gasteiger partial charge in [-0.1, -0.05) is 0 Å². The fourth-order valence-electron chi connectivity index (χ4n) is 4.61. The van der Waals surface area contributed by atoms with Crippen molar-refractivity contribution in [1.82, 2.24) is 14.9 Å². The summed E-state index contributed by atoms with van der Waals surface area (Å²) < 4.78 is 44.9. The Balaban J connectivity index is 1.57. The van der Waals surface area contributed by atoms with Crippen molar-refractivity contribution in [2.75, 3.05) is 14.1 Å². The molecule has 4 rings (SSSR count). The summed E-state index contributed by atoms with van der Waals surface area (Å²) in [6.45, 7) is 0. The van der Waals surface area contributed by atoms with E-state index in [1.165, 1.54) is 17.7 Å². The van der Waals surface area contributed by atoms with Gasteiger partial charge in [-0.25, -0.2) is 9.97 Å². The molecule has 0 radical (unpaired) electrons. The maximum Gasteiger partial charge on any atom is 0.414 e. The predicted octanol–water partition coefficient (Wildman–Crippen LogP) is 4.29. The summed E-state index contributed by atoms with van der Waals surface area (Å²) in [6, 6.07) is 0.555. The molecular formula is C20H26F3N3O2S. The van der Waals surface area contributed by atoms with Crippen LogP contribution in [0.25, 0.3) is 10.2 Å². The number of aliphatic hydroxyl groups excluding tert-OH is 1.